The first-order valence-electron chi connectivity index (χ1n) is 6.48. The Labute approximate surface area is 112 Å². The predicted octanol–water partition coefficient (Wildman–Crippen LogP) is 1.49. The molecule has 2 heterocycles. The third-order valence-corrected chi connectivity index (χ3v) is 3.67. The average Bonchev–Trinajstić information content (AvgIpc) is 2.89. The number of nitrogens with one attached hydrogen (secondary N) is 2. The molecular formula is C13H18N6. The Kier molecular flexibility index (Phi) is 2.82. The Bertz CT molecular complexity index is 575. The summed E-state index contributed by atoms with van der Waals surface area (Å²) in [6.07, 6.45) is 5.63. The zero-order valence-electron chi connectivity index (χ0n) is 11.4. The summed E-state index contributed by atoms with van der Waals surface area (Å²) in [6, 6.07) is 0.324. The largest absolute Gasteiger partial charge is 0.313 e. The van der Waals surface area contributed by atoms with Gasteiger partial charge >= 0.3 is 0 Å². The second-order valence-corrected chi connectivity index (χ2v) is 5.84. The summed E-state index contributed by atoms with van der Waals surface area (Å²) >= 11 is 0. The van der Waals surface area contributed by atoms with E-state index in [2.05, 4.69) is 44.5 Å². The van der Waals surface area contributed by atoms with E-state index in [1.807, 2.05) is 13.2 Å². The maximum Gasteiger partial charge on any atom is 0.181 e. The van der Waals surface area contributed by atoms with Gasteiger partial charge in [0.15, 0.2) is 5.82 Å². The number of fused-ring (bicyclic) bond motifs is 1. The highest BCUT2D eigenvalue weighted by atomic mass is 15.3. The first-order valence-corrected chi connectivity index (χ1v) is 6.48. The molecule has 0 aliphatic heterocycles. The third kappa shape index (κ3) is 2.23. The van der Waals surface area contributed by atoms with Crippen LogP contribution in [-0.2, 0) is 6.42 Å². The summed E-state index contributed by atoms with van der Waals surface area (Å²) in [7, 11) is 1.99. The minimum atomic E-state index is 0.246. The molecule has 3 rings (SSSR count). The van der Waals surface area contributed by atoms with Crippen LogP contribution in [0.4, 0.5) is 0 Å². The SMILES string of the molecule is CNC1CC(C)(C)Cc2nc(-c3cn[nH]n3)ncc21. The zero-order chi connectivity index (χ0) is 13.5. The smallest absolute Gasteiger partial charge is 0.181 e. The van der Waals surface area contributed by atoms with Gasteiger partial charge in [0.25, 0.3) is 0 Å². The van der Waals surface area contributed by atoms with Crippen LogP contribution in [0.3, 0.4) is 0 Å². The number of rotatable bonds is 2. The van der Waals surface area contributed by atoms with Gasteiger partial charge in [-0.15, -0.1) is 0 Å². The van der Waals surface area contributed by atoms with E-state index in [4.69, 9.17) is 0 Å². The molecule has 0 bridgehead atoms. The van der Waals surface area contributed by atoms with E-state index in [-0.39, 0.29) is 5.41 Å². The van der Waals surface area contributed by atoms with Crippen LogP contribution in [0.15, 0.2) is 12.4 Å². The fraction of sp³-hybridized carbons (Fsp3) is 0.538. The van der Waals surface area contributed by atoms with Gasteiger partial charge in [-0.05, 0) is 25.3 Å². The lowest BCUT2D eigenvalue weighted by molar-refractivity contribution is 0.260. The Morgan fingerprint density at radius 2 is 2.21 bits per heavy atom. The summed E-state index contributed by atoms with van der Waals surface area (Å²) in [4.78, 5) is 9.08. The van der Waals surface area contributed by atoms with Gasteiger partial charge in [-0.2, -0.15) is 15.4 Å². The Morgan fingerprint density at radius 1 is 1.37 bits per heavy atom. The van der Waals surface area contributed by atoms with Crippen molar-refractivity contribution in [2.45, 2.75) is 32.7 Å². The molecule has 1 atom stereocenters. The zero-order valence-corrected chi connectivity index (χ0v) is 11.4. The van der Waals surface area contributed by atoms with Gasteiger partial charge in [0.1, 0.15) is 5.69 Å². The molecule has 1 aliphatic carbocycles. The standard InChI is InChI=1S/C13H18N6/c1-13(2)4-9(14-3)8-6-15-12(17-10(8)5-13)11-7-16-19-18-11/h6-7,9,14H,4-5H2,1-3H3,(H,16,18,19). The minimum Gasteiger partial charge on any atom is -0.313 e. The van der Waals surface area contributed by atoms with Crippen molar-refractivity contribution >= 4 is 0 Å². The van der Waals surface area contributed by atoms with E-state index in [0.29, 0.717) is 17.6 Å². The van der Waals surface area contributed by atoms with Crippen LogP contribution in [0.1, 0.15) is 37.6 Å². The third-order valence-electron chi connectivity index (χ3n) is 3.67. The molecule has 100 valence electrons. The van der Waals surface area contributed by atoms with Crippen molar-refractivity contribution in [3.8, 4) is 11.5 Å². The van der Waals surface area contributed by atoms with E-state index in [1.54, 1.807) is 6.20 Å². The van der Waals surface area contributed by atoms with Gasteiger partial charge in [-0.1, -0.05) is 13.8 Å². The quantitative estimate of drug-likeness (QED) is 0.853. The van der Waals surface area contributed by atoms with E-state index in [1.165, 1.54) is 5.56 Å². The van der Waals surface area contributed by atoms with Crippen molar-refractivity contribution < 1.29 is 0 Å². The van der Waals surface area contributed by atoms with Crippen LogP contribution >= 0.6 is 0 Å². The normalized spacial score (nSPS) is 21.1. The minimum absolute atomic E-state index is 0.246. The van der Waals surface area contributed by atoms with Crippen molar-refractivity contribution in [2.75, 3.05) is 7.05 Å². The molecular weight excluding hydrogens is 240 g/mol. The molecule has 1 aliphatic rings. The van der Waals surface area contributed by atoms with Gasteiger partial charge in [0.05, 0.1) is 6.20 Å². The maximum absolute atomic E-state index is 4.68. The van der Waals surface area contributed by atoms with Gasteiger partial charge in [0, 0.05) is 23.5 Å². The summed E-state index contributed by atoms with van der Waals surface area (Å²) in [5, 5.41) is 13.8. The second-order valence-electron chi connectivity index (χ2n) is 5.84. The van der Waals surface area contributed by atoms with Crippen LogP contribution < -0.4 is 5.32 Å². The molecule has 0 fully saturated rings. The average molecular weight is 258 g/mol. The molecule has 0 spiro atoms. The molecule has 6 heteroatoms. The van der Waals surface area contributed by atoms with Gasteiger partial charge in [0.2, 0.25) is 0 Å². The molecule has 6 nitrogen and oxygen atoms in total. The van der Waals surface area contributed by atoms with Crippen LogP contribution in [0, 0.1) is 5.41 Å². The van der Waals surface area contributed by atoms with E-state index < -0.39 is 0 Å². The highest BCUT2D eigenvalue weighted by molar-refractivity contribution is 5.47. The van der Waals surface area contributed by atoms with Crippen molar-refractivity contribution in [1.82, 2.24) is 30.7 Å². The molecule has 0 aromatic carbocycles. The monoisotopic (exact) mass is 258 g/mol. The molecule has 0 saturated carbocycles. The number of aromatic amines is 1. The van der Waals surface area contributed by atoms with Crippen molar-refractivity contribution in [3.05, 3.63) is 23.7 Å². The lowest BCUT2D eigenvalue weighted by Crippen LogP contribution is -2.32. The first-order chi connectivity index (χ1) is 9.09. The number of hydrogen-bond acceptors (Lipinski definition) is 5. The van der Waals surface area contributed by atoms with Crippen LogP contribution in [0.2, 0.25) is 0 Å². The number of nitrogens with zero attached hydrogens (tertiary/aromatic N) is 4. The highest BCUT2D eigenvalue weighted by Gasteiger charge is 2.33. The summed E-state index contributed by atoms with van der Waals surface area (Å²) in [6.45, 7) is 4.55. The molecule has 0 amide bonds. The summed E-state index contributed by atoms with van der Waals surface area (Å²) in [5.74, 6) is 0.639. The molecule has 2 N–H and O–H groups in total. The summed E-state index contributed by atoms with van der Waals surface area (Å²) < 4.78 is 0. The van der Waals surface area contributed by atoms with Crippen molar-refractivity contribution in [3.63, 3.8) is 0 Å². The van der Waals surface area contributed by atoms with Crippen LogP contribution in [-0.4, -0.2) is 32.4 Å². The van der Waals surface area contributed by atoms with Crippen LogP contribution in [0.5, 0.6) is 0 Å². The molecule has 1 unspecified atom stereocenters. The lowest BCUT2D eigenvalue weighted by atomic mass is 9.74. The molecule has 2 aromatic rings. The van der Waals surface area contributed by atoms with Crippen molar-refractivity contribution in [1.29, 1.82) is 0 Å². The number of hydrogen-bond donors (Lipinski definition) is 2. The van der Waals surface area contributed by atoms with E-state index >= 15 is 0 Å². The van der Waals surface area contributed by atoms with E-state index in [0.717, 1.165) is 18.5 Å². The Hall–Kier alpha value is -1.82. The summed E-state index contributed by atoms with van der Waals surface area (Å²) in [5.41, 5.74) is 3.25. The maximum atomic E-state index is 4.68. The second kappa shape index (κ2) is 4.38. The Balaban J connectivity index is 2.04. The van der Waals surface area contributed by atoms with Gasteiger partial charge in [-0.3, -0.25) is 0 Å². The Morgan fingerprint density at radius 3 is 2.89 bits per heavy atom. The predicted molar refractivity (Wildman–Crippen MR) is 71.3 cm³/mol. The highest BCUT2D eigenvalue weighted by Crippen LogP contribution is 2.39. The van der Waals surface area contributed by atoms with Gasteiger partial charge < -0.3 is 5.32 Å². The molecule has 19 heavy (non-hydrogen) atoms. The molecule has 2 aromatic heterocycles. The fourth-order valence-corrected chi connectivity index (χ4v) is 2.74. The van der Waals surface area contributed by atoms with Crippen LogP contribution in [0.25, 0.3) is 11.5 Å². The molecule has 0 saturated heterocycles. The van der Waals surface area contributed by atoms with Crippen molar-refractivity contribution in [2.24, 2.45) is 5.41 Å². The lowest BCUT2D eigenvalue weighted by Gasteiger charge is -2.36. The fourth-order valence-electron chi connectivity index (χ4n) is 2.74. The van der Waals surface area contributed by atoms with Gasteiger partial charge in [-0.25, -0.2) is 9.97 Å². The number of aromatic nitrogens is 5. The van der Waals surface area contributed by atoms with E-state index in [9.17, 15) is 0 Å². The first kappa shape index (κ1) is 12.2. The topological polar surface area (TPSA) is 79.4 Å². The molecule has 0 radical (unpaired) electrons. The number of H-pyrrole nitrogens is 1.